The number of aliphatic hydroxyl groups is 1. The first kappa shape index (κ1) is 18.5. The third-order valence-corrected chi connectivity index (χ3v) is 3.43. The Morgan fingerprint density at radius 2 is 1.95 bits per heavy atom. The van der Waals surface area contributed by atoms with E-state index in [0.717, 1.165) is 5.56 Å². The number of hydrogen-bond donors (Lipinski definition) is 1. The van der Waals surface area contributed by atoms with Crippen LogP contribution < -0.4 is 4.74 Å². The van der Waals surface area contributed by atoms with Gasteiger partial charge in [0.05, 0.1) is 12.5 Å². The van der Waals surface area contributed by atoms with Crippen LogP contribution in [-0.2, 0) is 14.9 Å². The van der Waals surface area contributed by atoms with Gasteiger partial charge in [-0.05, 0) is 23.1 Å². The molecule has 1 aromatic carbocycles. The second-order valence-electron chi connectivity index (χ2n) is 6.56. The van der Waals surface area contributed by atoms with Gasteiger partial charge in [-0.1, -0.05) is 26.8 Å². The summed E-state index contributed by atoms with van der Waals surface area (Å²) in [6.45, 7) is 6.38. The van der Waals surface area contributed by atoms with Gasteiger partial charge in [0.25, 0.3) is 0 Å². The Morgan fingerprint density at radius 3 is 2.45 bits per heavy atom. The van der Waals surface area contributed by atoms with Crippen LogP contribution in [0.2, 0.25) is 0 Å². The van der Waals surface area contributed by atoms with Crippen LogP contribution in [0.4, 0.5) is 0 Å². The lowest BCUT2D eigenvalue weighted by Crippen LogP contribution is -2.24. The van der Waals surface area contributed by atoms with Gasteiger partial charge in [0.15, 0.2) is 6.79 Å². The van der Waals surface area contributed by atoms with Gasteiger partial charge in [0.1, 0.15) is 5.75 Å². The predicted octanol–water partition coefficient (Wildman–Crippen LogP) is 2.48. The first-order valence-electron chi connectivity index (χ1n) is 7.31. The molecule has 0 bridgehead atoms. The lowest BCUT2D eigenvalue weighted by Gasteiger charge is -2.23. The van der Waals surface area contributed by atoms with Crippen molar-refractivity contribution < 1.29 is 19.4 Å². The summed E-state index contributed by atoms with van der Waals surface area (Å²) in [7, 11) is 4.88. The minimum absolute atomic E-state index is 0.0178. The average Bonchev–Trinajstić information content (AvgIpc) is 2.43. The highest BCUT2D eigenvalue weighted by molar-refractivity contribution is 5.76. The maximum absolute atomic E-state index is 11.8. The maximum Gasteiger partial charge on any atom is 0.225 e. The number of amides is 1. The lowest BCUT2D eigenvalue weighted by molar-refractivity contribution is -0.130. The number of carbonyl (C=O) groups excluding carboxylic acids is 1. The molecule has 0 saturated carbocycles. The van der Waals surface area contributed by atoms with Crippen molar-refractivity contribution in [2.45, 2.75) is 38.7 Å². The van der Waals surface area contributed by atoms with Gasteiger partial charge in [-0.2, -0.15) is 0 Å². The van der Waals surface area contributed by atoms with Crippen molar-refractivity contribution in [3.8, 4) is 5.75 Å². The number of carbonyl (C=O) groups is 1. The molecule has 1 aromatic rings. The molecule has 0 aromatic heterocycles. The first-order valence-corrected chi connectivity index (χ1v) is 7.31. The summed E-state index contributed by atoms with van der Waals surface area (Å²) in [6, 6.07) is 5.69. The highest BCUT2D eigenvalue weighted by atomic mass is 16.7. The Hall–Kier alpha value is -1.59. The van der Waals surface area contributed by atoms with Crippen LogP contribution >= 0.6 is 0 Å². The smallest absolute Gasteiger partial charge is 0.225 e. The Bertz CT molecular complexity index is 506. The van der Waals surface area contributed by atoms with E-state index in [9.17, 15) is 9.90 Å². The van der Waals surface area contributed by atoms with Crippen LogP contribution in [0.1, 0.15) is 44.4 Å². The van der Waals surface area contributed by atoms with E-state index >= 15 is 0 Å². The molecule has 0 heterocycles. The number of methoxy groups -OCH3 is 1. The van der Waals surface area contributed by atoms with Crippen LogP contribution in [-0.4, -0.2) is 43.9 Å². The van der Waals surface area contributed by atoms with Crippen molar-refractivity contribution in [3.63, 3.8) is 0 Å². The molecule has 1 amide bonds. The summed E-state index contributed by atoms with van der Waals surface area (Å²) in [5.74, 6) is 0.403. The molecule has 5 heteroatoms. The van der Waals surface area contributed by atoms with Gasteiger partial charge in [0.2, 0.25) is 5.91 Å². The van der Waals surface area contributed by atoms with Crippen molar-refractivity contribution in [3.05, 3.63) is 29.3 Å². The Balaban J connectivity index is 3.12. The lowest BCUT2D eigenvalue weighted by atomic mass is 9.85. The van der Waals surface area contributed by atoms with Crippen molar-refractivity contribution >= 4 is 5.91 Å². The van der Waals surface area contributed by atoms with Crippen molar-refractivity contribution in [2.24, 2.45) is 0 Å². The zero-order valence-electron chi connectivity index (χ0n) is 14.3. The van der Waals surface area contributed by atoms with Crippen LogP contribution in [0.5, 0.6) is 5.75 Å². The van der Waals surface area contributed by atoms with Crippen LogP contribution in [0.25, 0.3) is 0 Å². The minimum atomic E-state index is -0.913. The molecular weight excluding hydrogens is 282 g/mol. The number of hydrogen-bond acceptors (Lipinski definition) is 4. The van der Waals surface area contributed by atoms with Crippen LogP contribution in [0.3, 0.4) is 0 Å². The molecule has 1 unspecified atom stereocenters. The van der Waals surface area contributed by atoms with E-state index in [4.69, 9.17) is 9.47 Å². The molecule has 1 atom stereocenters. The van der Waals surface area contributed by atoms with E-state index in [1.165, 1.54) is 12.0 Å². The number of ether oxygens (including phenoxy) is 2. The molecule has 124 valence electrons. The molecule has 22 heavy (non-hydrogen) atoms. The maximum atomic E-state index is 11.8. The molecule has 1 rings (SSSR count). The van der Waals surface area contributed by atoms with Gasteiger partial charge in [-0.25, -0.2) is 0 Å². The van der Waals surface area contributed by atoms with Gasteiger partial charge < -0.3 is 19.5 Å². The first-order chi connectivity index (χ1) is 10.2. The van der Waals surface area contributed by atoms with Crippen molar-refractivity contribution in [1.82, 2.24) is 4.90 Å². The SMILES string of the molecule is COCOc1ccc(C(C)(C)C)cc1C(O)CC(=O)N(C)C. The van der Waals surface area contributed by atoms with E-state index in [1.807, 2.05) is 18.2 Å². The minimum Gasteiger partial charge on any atom is -0.467 e. The van der Waals surface area contributed by atoms with Crippen LogP contribution in [0, 0.1) is 0 Å². The van der Waals surface area contributed by atoms with Crippen molar-refractivity contribution in [2.75, 3.05) is 28.0 Å². The predicted molar refractivity (Wildman–Crippen MR) is 85.9 cm³/mol. The Kier molecular flexibility index (Phi) is 6.38. The summed E-state index contributed by atoms with van der Waals surface area (Å²) in [6.07, 6.45) is -0.895. The molecule has 1 N–H and O–H groups in total. The number of benzene rings is 1. The van der Waals surface area contributed by atoms with E-state index in [0.29, 0.717) is 11.3 Å². The van der Waals surface area contributed by atoms with Gasteiger partial charge in [-0.15, -0.1) is 0 Å². The second kappa shape index (κ2) is 7.61. The van der Waals surface area contributed by atoms with Gasteiger partial charge >= 0.3 is 0 Å². The third-order valence-electron chi connectivity index (χ3n) is 3.43. The zero-order chi connectivity index (χ0) is 16.9. The van der Waals surface area contributed by atoms with Crippen molar-refractivity contribution in [1.29, 1.82) is 0 Å². The fraction of sp³-hybridized carbons (Fsp3) is 0.588. The highest BCUT2D eigenvalue weighted by Crippen LogP contribution is 2.33. The monoisotopic (exact) mass is 309 g/mol. The molecule has 5 nitrogen and oxygen atoms in total. The topological polar surface area (TPSA) is 59.0 Å². The molecule has 0 saturated heterocycles. The van der Waals surface area contributed by atoms with E-state index in [-0.39, 0.29) is 24.5 Å². The average molecular weight is 309 g/mol. The molecule has 0 aliphatic carbocycles. The van der Waals surface area contributed by atoms with Gasteiger partial charge in [-0.3, -0.25) is 4.79 Å². The molecule has 0 radical (unpaired) electrons. The van der Waals surface area contributed by atoms with Gasteiger partial charge in [0, 0.05) is 26.8 Å². The fourth-order valence-corrected chi connectivity index (χ4v) is 1.99. The summed E-state index contributed by atoms with van der Waals surface area (Å²) in [5, 5.41) is 10.4. The number of nitrogens with zero attached hydrogens (tertiary/aromatic N) is 1. The number of rotatable bonds is 6. The Morgan fingerprint density at radius 1 is 1.32 bits per heavy atom. The Labute approximate surface area is 132 Å². The summed E-state index contributed by atoms with van der Waals surface area (Å²) < 4.78 is 10.4. The fourth-order valence-electron chi connectivity index (χ4n) is 1.99. The highest BCUT2D eigenvalue weighted by Gasteiger charge is 2.22. The molecule has 0 aliphatic rings. The van der Waals surface area contributed by atoms with E-state index < -0.39 is 6.10 Å². The van der Waals surface area contributed by atoms with Crippen LogP contribution in [0.15, 0.2) is 18.2 Å². The standard InChI is InChI=1S/C17H27NO4/c1-17(2,3)12-7-8-15(22-11-21-6)13(9-12)14(19)10-16(20)18(4)5/h7-9,14,19H,10-11H2,1-6H3. The molecule has 0 fully saturated rings. The normalized spacial score (nSPS) is 12.9. The zero-order valence-corrected chi connectivity index (χ0v) is 14.3. The van der Waals surface area contributed by atoms with E-state index in [1.54, 1.807) is 14.1 Å². The summed E-state index contributed by atoms with van der Waals surface area (Å²) in [5.41, 5.74) is 1.63. The molecular formula is C17H27NO4. The molecule has 0 aliphatic heterocycles. The quantitative estimate of drug-likeness (QED) is 0.820. The third kappa shape index (κ3) is 5.00. The second-order valence-corrected chi connectivity index (χ2v) is 6.56. The summed E-state index contributed by atoms with van der Waals surface area (Å²) >= 11 is 0. The molecule has 0 spiro atoms. The summed E-state index contributed by atoms with van der Waals surface area (Å²) in [4.78, 5) is 13.3. The largest absolute Gasteiger partial charge is 0.467 e. The van der Waals surface area contributed by atoms with E-state index in [2.05, 4.69) is 20.8 Å². The number of aliphatic hydroxyl groups excluding tert-OH is 1.